The quantitative estimate of drug-likeness (QED) is 0.920. The van der Waals surface area contributed by atoms with E-state index in [4.69, 9.17) is 0 Å². The van der Waals surface area contributed by atoms with E-state index in [2.05, 4.69) is 22.2 Å². The molecule has 2 heterocycles. The molecular formula is C16H24N4O. The molecule has 0 unspecified atom stereocenters. The number of hydrogen-bond donors (Lipinski definition) is 1. The highest BCUT2D eigenvalue weighted by atomic mass is 16.2. The number of nitrogens with one attached hydrogen (secondary N) is 1. The maximum atomic E-state index is 12.6. The molecule has 1 atom stereocenters. The van der Waals surface area contributed by atoms with E-state index in [-0.39, 0.29) is 12.1 Å². The molecule has 5 nitrogen and oxygen atoms in total. The summed E-state index contributed by atoms with van der Waals surface area (Å²) < 4.78 is 0. The third kappa shape index (κ3) is 3.94. The predicted octanol–water partition coefficient (Wildman–Crippen LogP) is 1.85. The van der Waals surface area contributed by atoms with Crippen molar-refractivity contribution in [2.75, 3.05) is 20.1 Å². The highest BCUT2D eigenvalue weighted by Crippen LogP contribution is 2.28. The molecule has 0 spiro atoms. The van der Waals surface area contributed by atoms with Crippen LogP contribution in [0.1, 0.15) is 31.4 Å². The van der Waals surface area contributed by atoms with Crippen LogP contribution in [0, 0.1) is 0 Å². The molecule has 21 heavy (non-hydrogen) atoms. The topological polar surface area (TPSA) is 48.5 Å². The number of likely N-dealkylation sites (N-methyl/N-ethyl adjacent to an activating group) is 1. The van der Waals surface area contributed by atoms with Gasteiger partial charge in [0.05, 0.1) is 12.2 Å². The Bertz CT molecular complexity index is 474. The number of piperidine rings is 1. The molecule has 1 saturated heterocycles. The summed E-state index contributed by atoms with van der Waals surface area (Å²) in [5, 5.41) is 3.21. The maximum Gasteiger partial charge on any atom is 0.318 e. The summed E-state index contributed by atoms with van der Waals surface area (Å²) in [5.74, 6) is 0. The van der Waals surface area contributed by atoms with Gasteiger partial charge in [0.2, 0.25) is 0 Å². The zero-order valence-electron chi connectivity index (χ0n) is 12.7. The lowest BCUT2D eigenvalue weighted by Crippen LogP contribution is -2.51. The van der Waals surface area contributed by atoms with Gasteiger partial charge in [0.1, 0.15) is 0 Å². The van der Waals surface area contributed by atoms with Gasteiger partial charge in [-0.1, -0.05) is 6.07 Å². The third-order valence-corrected chi connectivity index (χ3v) is 4.26. The number of amides is 2. The van der Waals surface area contributed by atoms with Crippen molar-refractivity contribution in [2.24, 2.45) is 0 Å². The Morgan fingerprint density at radius 3 is 2.95 bits per heavy atom. The normalized spacial score (nSPS) is 22.8. The standard InChI is InChI=1S/C16H24N4O/c1-19-10-4-6-14(11-19)18-16(21)20(15-7-8-15)12-13-5-2-3-9-17-13/h2-3,5,9,14-15H,4,6-8,10-12H2,1H3,(H,18,21)/t14-/m0/s1. The van der Waals surface area contributed by atoms with Crippen molar-refractivity contribution in [3.63, 3.8) is 0 Å². The molecule has 0 bridgehead atoms. The Balaban J connectivity index is 1.59. The zero-order valence-corrected chi connectivity index (χ0v) is 12.7. The lowest BCUT2D eigenvalue weighted by atomic mass is 10.1. The highest BCUT2D eigenvalue weighted by molar-refractivity contribution is 5.75. The van der Waals surface area contributed by atoms with Crippen molar-refractivity contribution in [3.05, 3.63) is 30.1 Å². The van der Waals surface area contributed by atoms with Crippen LogP contribution in [0.5, 0.6) is 0 Å². The van der Waals surface area contributed by atoms with E-state index < -0.39 is 0 Å². The van der Waals surface area contributed by atoms with E-state index in [1.807, 2.05) is 23.1 Å². The molecule has 1 saturated carbocycles. The Hall–Kier alpha value is -1.62. The monoisotopic (exact) mass is 288 g/mol. The van der Waals surface area contributed by atoms with Crippen LogP contribution in [0.15, 0.2) is 24.4 Å². The van der Waals surface area contributed by atoms with E-state index in [1.165, 1.54) is 0 Å². The van der Waals surface area contributed by atoms with Crippen molar-refractivity contribution in [3.8, 4) is 0 Å². The maximum absolute atomic E-state index is 12.6. The molecule has 3 rings (SSSR count). The van der Waals surface area contributed by atoms with E-state index in [1.54, 1.807) is 6.20 Å². The Labute approximate surface area is 126 Å². The fourth-order valence-electron chi connectivity index (χ4n) is 2.96. The predicted molar refractivity (Wildman–Crippen MR) is 81.9 cm³/mol. The average molecular weight is 288 g/mol. The second-order valence-corrected chi connectivity index (χ2v) is 6.23. The minimum atomic E-state index is 0.0726. The van der Waals surface area contributed by atoms with Crippen LogP contribution in [0.25, 0.3) is 0 Å². The first-order valence-corrected chi connectivity index (χ1v) is 7.88. The second kappa shape index (κ2) is 6.43. The van der Waals surface area contributed by atoms with Gasteiger partial charge in [-0.3, -0.25) is 4.98 Å². The van der Waals surface area contributed by atoms with Crippen LogP contribution in [-0.4, -0.2) is 53.0 Å². The first kappa shape index (κ1) is 14.3. The summed E-state index contributed by atoms with van der Waals surface area (Å²) in [5.41, 5.74) is 0.959. The van der Waals surface area contributed by atoms with Crippen LogP contribution < -0.4 is 5.32 Å². The van der Waals surface area contributed by atoms with Gasteiger partial charge >= 0.3 is 6.03 Å². The SMILES string of the molecule is CN1CCC[C@H](NC(=O)N(Cc2ccccn2)C2CC2)C1. The fraction of sp³-hybridized carbons (Fsp3) is 0.625. The molecule has 2 fully saturated rings. The molecular weight excluding hydrogens is 264 g/mol. The van der Waals surface area contributed by atoms with Gasteiger partial charge < -0.3 is 15.1 Å². The van der Waals surface area contributed by atoms with Crippen molar-refractivity contribution >= 4 is 6.03 Å². The average Bonchev–Trinajstić information content (AvgIpc) is 3.30. The number of carbonyl (C=O) groups is 1. The van der Waals surface area contributed by atoms with Crippen LogP contribution in [0.3, 0.4) is 0 Å². The summed E-state index contributed by atoms with van der Waals surface area (Å²) in [6.45, 7) is 2.69. The van der Waals surface area contributed by atoms with Gasteiger partial charge in [-0.2, -0.15) is 0 Å². The molecule has 5 heteroatoms. The molecule has 2 amide bonds. The molecule has 1 aliphatic carbocycles. The Morgan fingerprint density at radius 2 is 2.29 bits per heavy atom. The number of carbonyl (C=O) groups excluding carboxylic acids is 1. The number of likely N-dealkylation sites (tertiary alicyclic amines) is 1. The first-order chi connectivity index (χ1) is 10.2. The van der Waals surface area contributed by atoms with Crippen LogP contribution in [-0.2, 0) is 6.54 Å². The van der Waals surface area contributed by atoms with E-state index in [9.17, 15) is 4.79 Å². The minimum Gasteiger partial charge on any atom is -0.334 e. The molecule has 114 valence electrons. The summed E-state index contributed by atoms with van der Waals surface area (Å²) in [6.07, 6.45) is 6.26. The molecule has 1 aromatic rings. The molecule has 1 aliphatic heterocycles. The summed E-state index contributed by atoms with van der Waals surface area (Å²) in [7, 11) is 2.12. The van der Waals surface area contributed by atoms with Crippen molar-refractivity contribution < 1.29 is 4.79 Å². The van der Waals surface area contributed by atoms with Crippen LogP contribution in [0.4, 0.5) is 4.79 Å². The summed E-state index contributed by atoms with van der Waals surface area (Å²) in [6, 6.07) is 6.61. The second-order valence-electron chi connectivity index (χ2n) is 6.23. The Morgan fingerprint density at radius 1 is 1.43 bits per heavy atom. The van der Waals surface area contributed by atoms with Gasteiger partial charge in [0, 0.05) is 24.8 Å². The number of rotatable bonds is 4. The molecule has 0 aromatic carbocycles. The smallest absolute Gasteiger partial charge is 0.318 e. The highest BCUT2D eigenvalue weighted by Gasteiger charge is 2.34. The fourth-order valence-corrected chi connectivity index (χ4v) is 2.96. The van der Waals surface area contributed by atoms with Crippen LogP contribution >= 0.6 is 0 Å². The molecule has 0 radical (unpaired) electrons. The largest absolute Gasteiger partial charge is 0.334 e. The number of urea groups is 1. The van der Waals surface area contributed by atoms with E-state index >= 15 is 0 Å². The number of nitrogens with zero attached hydrogens (tertiary/aromatic N) is 3. The van der Waals surface area contributed by atoms with Gasteiger partial charge in [0.15, 0.2) is 0 Å². The number of pyridine rings is 1. The Kier molecular flexibility index (Phi) is 4.39. The van der Waals surface area contributed by atoms with Crippen molar-refractivity contribution in [2.45, 2.75) is 44.3 Å². The summed E-state index contributed by atoms with van der Waals surface area (Å²) >= 11 is 0. The van der Waals surface area contributed by atoms with Gasteiger partial charge in [-0.05, 0) is 51.4 Å². The van der Waals surface area contributed by atoms with E-state index in [0.29, 0.717) is 12.6 Å². The first-order valence-electron chi connectivity index (χ1n) is 7.88. The van der Waals surface area contributed by atoms with E-state index in [0.717, 1.165) is 44.5 Å². The minimum absolute atomic E-state index is 0.0726. The van der Waals surface area contributed by atoms with Crippen LogP contribution in [0.2, 0.25) is 0 Å². The third-order valence-electron chi connectivity index (χ3n) is 4.26. The molecule has 1 N–H and O–H groups in total. The summed E-state index contributed by atoms with van der Waals surface area (Å²) in [4.78, 5) is 21.2. The zero-order chi connectivity index (χ0) is 14.7. The van der Waals surface area contributed by atoms with Gasteiger partial charge in [0.25, 0.3) is 0 Å². The molecule has 2 aliphatic rings. The number of aromatic nitrogens is 1. The van der Waals surface area contributed by atoms with Crippen molar-refractivity contribution in [1.82, 2.24) is 20.1 Å². The molecule has 1 aromatic heterocycles. The lowest BCUT2D eigenvalue weighted by molar-refractivity contribution is 0.173. The van der Waals surface area contributed by atoms with Crippen molar-refractivity contribution in [1.29, 1.82) is 0 Å². The van der Waals surface area contributed by atoms with Gasteiger partial charge in [-0.15, -0.1) is 0 Å². The lowest BCUT2D eigenvalue weighted by Gasteiger charge is -2.32. The number of hydrogen-bond acceptors (Lipinski definition) is 3. The van der Waals surface area contributed by atoms with Gasteiger partial charge in [-0.25, -0.2) is 4.79 Å².